The predicted octanol–water partition coefficient (Wildman–Crippen LogP) is 1.35. The van der Waals surface area contributed by atoms with E-state index >= 15 is 0 Å². The van der Waals surface area contributed by atoms with Crippen molar-refractivity contribution in [1.29, 1.82) is 0 Å². The van der Waals surface area contributed by atoms with Crippen LogP contribution in [0.3, 0.4) is 0 Å². The van der Waals surface area contributed by atoms with Crippen LogP contribution < -0.4 is 5.32 Å². The highest BCUT2D eigenvalue weighted by Crippen LogP contribution is 2.30. The van der Waals surface area contributed by atoms with E-state index in [2.05, 4.69) is 23.7 Å². The molecule has 1 atom stereocenters. The van der Waals surface area contributed by atoms with Crippen molar-refractivity contribution in [3.05, 3.63) is 18.0 Å². The summed E-state index contributed by atoms with van der Waals surface area (Å²) < 4.78 is 1.88. The molecule has 78 valence electrons. The van der Waals surface area contributed by atoms with Crippen LogP contribution in [0.25, 0.3) is 0 Å². The summed E-state index contributed by atoms with van der Waals surface area (Å²) in [5.41, 5.74) is 1.35. The minimum atomic E-state index is 0.646. The lowest BCUT2D eigenvalue weighted by Crippen LogP contribution is -2.38. The second-order valence-electron chi connectivity index (χ2n) is 4.31. The first-order valence-corrected chi connectivity index (χ1v) is 5.44. The van der Waals surface area contributed by atoms with Gasteiger partial charge >= 0.3 is 0 Å². The predicted molar refractivity (Wildman–Crippen MR) is 57.1 cm³/mol. The number of aryl methyl sites for hydroxylation is 1. The summed E-state index contributed by atoms with van der Waals surface area (Å²) in [6, 6.07) is 0.646. The first-order valence-electron chi connectivity index (χ1n) is 5.44. The van der Waals surface area contributed by atoms with Gasteiger partial charge in [0.15, 0.2) is 0 Å². The molecule has 1 N–H and O–H groups in total. The van der Waals surface area contributed by atoms with Gasteiger partial charge < -0.3 is 5.32 Å². The van der Waals surface area contributed by atoms with Gasteiger partial charge in [-0.1, -0.05) is 6.42 Å². The molecule has 0 spiro atoms. The van der Waals surface area contributed by atoms with Crippen molar-refractivity contribution in [2.45, 2.75) is 31.7 Å². The van der Waals surface area contributed by atoms with Crippen LogP contribution >= 0.6 is 0 Å². The summed E-state index contributed by atoms with van der Waals surface area (Å²) in [4.78, 5) is 0. The monoisotopic (exact) mass is 193 g/mol. The van der Waals surface area contributed by atoms with Crippen molar-refractivity contribution in [2.75, 3.05) is 7.05 Å². The molecule has 1 aliphatic carbocycles. The van der Waals surface area contributed by atoms with Gasteiger partial charge in [-0.05, 0) is 37.8 Å². The Hall–Kier alpha value is -0.830. The minimum absolute atomic E-state index is 0.646. The zero-order valence-corrected chi connectivity index (χ0v) is 9.03. The summed E-state index contributed by atoms with van der Waals surface area (Å²) >= 11 is 0. The molecule has 1 unspecified atom stereocenters. The van der Waals surface area contributed by atoms with E-state index in [0.29, 0.717) is 6.04 Å². The number of rotatable bonds is 4. The highest BCUT2D eigenvalue weighted by Gasteiger charge is 2.26. The number of nitrogens with zero attached hydrogens (tertiary/aromatic N) is 2. The standard InChI is InChI=1S/C11H19N3/c1-12-11(10-4-3-5-10)6-9-7-13-14(2)8-9/h7-8,10-12H,3-6H2,1-2H3. The minimum Gasteiger partial charge on any atom is -0.316 e. The lowest BCUT2D eigenvalue weighted by molar-refractivity contribution is 0.236. The average Bonchev–Trinajstić information content (AvgIpc) is 2.47. The Labute approximate surface area is 85.5 Å². The lowest BCUT2D eigenvalue weighted by Gasteiger charge is -2.33. The molecule has 14 heavy (non-hydrogen) atoms. The van der Waals surface area contributed by atoms with E-state index in [1.165, 1.54) is 24.8 Å². The van der Waals surface area contributed by atoms with E-state index in [0.717, 1.165) is 12.3 Å². The molecule has 1 aromatic heterocycles. The van der Waals surface area contributed by atoms with Crippen LogP contribution in [0, 0.1) is 5.92 Å². The third-order valence-corrected chi connectivity index (χ3v) is 3.30. The number of aromatic nitrogens is 2. The SMILES string of the molecule is CNC(Cc1cnn(C)c1)C1CCC1. The topological polar surface area (TPSA) is 29.9 Å². The van der Waals surface area contributed by atoms with Gasteiger partial charge in [-0.3, -0.25) is 4.68 Å². The molecule has 1 aromatic rings. The van der Waals surface area contributed by atoms with Crippen LogP contribution in [-0.4, -0.2) is 22.9 Å². The maximum absolute atomic E-state index is 4.20. The fraction of sp³-hybridized carbons (Fsp3) is 0.727. The molecule has 0 radical (unpaired) electrons. The zero-order valence-electron chi connectivity index (χ0n) is 9.03. The molecule has 1 aliphatic rings. The van der Waals surface area contributed by atoms with Crippen molar-refractivity contribution in [1.82, 2.24) is 15.1 Å². The Kier molecular flexibility index (Phi) is 2.87. The summed E-state index contributed by atoms with van der Waals surface area (Å²) in [6.07, 6.45) is 9.41. The fourth-order valence-corrected chi connectivity index (χ4v) is 2.18. The second-order valence-corrected chi connectivity index (χ2v) is 4.31. The molecule has 1 saturated carbocycles. The smallest absolute Gasteiger partial charge is 0.0522 e. The summed E-state index contributed by atoms with van der Waals surface area (Å²) in [5.74, 6) is 0.889. The summed E-state index contributed by atoms with van der Waals surface area (Å²) in [7, 11) is 4.04. The Bertz CT molecular complexity index is 288. The Balaban J connectivity index is 1.93. The fourth-order valence-electron chi connectivity index (χ4n) is 2.18. The van der Waals surface area contributed by atoms with Gasteiger partial charge in [0.2, 0.25) is 0 Å². The van der Waals surface area contributed by atoms with Crippen molar-refractivity contribution in [3.8, 4) is 0 Å². The number of likely N-dealkylation sites (N-methyl/N-ethyl adjacent to an activating group) is 1. The van der Waals surface area contributed by atoms with Gasteiger partial charge in [-0.15, -0.1) is 0 Å². The lowest BCUT2D eigenvalue weighted by atomic mass is 9.78. The Morgan fingerprint density at radius 2 is 2.43 bits per heavy atom. The van der Waals surface area contributed by atoms with Crippen LogP contribution in [0.15, 0.2) is 12.4 Å². The van der Waals surface area contributed by atoms with Crippen LogP contribution in [0.4, 0.5) is 0 Å². The number of nitrogens with one attached hydrogen (secondary N) is 1. The van der Waals surface area contributed by atoms with Gasteiger partial charge in [0.05, 0.1) is 6.20 Å². The third-order valence-electron chi connectivity index (χ3n) is 3.30. The van der Waals surface area contributed by atoms with E-state index in [9.17, 15) is 0 Å². The zero-order chi connectivity index (χ0) is 9.97. The molecule has 3 heteroatoms. The van der Waals surface area contributed by atoms with Crippen LogP contribution in [-0.2, 0) is 13.5 Å². The average molecular weight is 193 g/mol. The largest absolute Gasteiger partial charge is 0.316 e. The van der Waals surface area contributed by atoms with E-state index in [1.807, 2.05) is 17.9 Å². The van der Waals surface area contributed by atoms with Gasteiger partial charge in [0, 0.05) is 19.3 Å². The summed E-state index contributed by atoms with van der Waals surface area (Å²) in [5, 5.41) is 7.62. The maximum atomic E-state index is 4.20. The molecule has 1 heterocycles. The third kappa shape index (κ3) is 1.98. The first kappa shape index (κ1) is 9.71. The molecule has 0 bridgehead atoms. The molecular formula is C11H19N3. The van der Waals surface area contributed by atoms with Crippen molar-refractivity contribution >= 4 is 0 Å². The highest BCUT2D eigenvalue weighted by atomic mass is 15.2. The van der Waals surface area contributed by atoms with E-state index < -0.39 is 0 Å². The molecule has 0 saturated heterocycles. The van der Waals surface area contributed by atoms with Gasteiger partial charge in [0.25, 0.3) is 0 Å². The van der Waals surface area contributed by atoms with E-state index in [1.54, 1.807) is 0 Å². The van der Waals surface area contributed by atoms with Crippen molar-refractivity contribution < 1.29 is 0 Å². The Morgan fingerprint density at radius 1 is 1.64 bits per heavy atom. The number of hydrogen-bond acceptors (Lipinski definition) is 2. The second kappa shape index (κ2) is 4.13. The molecular weight excluding hydrogens is 174 g/mol. The molecule has 1 fully saturated rings. The van der Waals surface area contributed by atoms with Crippen molar-refractivity contribution in [2.24, 2.45) is 13.0 Å². The molecule has 3 nitrogen and oxygen atoms in total. The Morgan fingerprint density at radius 3 is 2.86 bits per heavy atom. The molecule has 0 amide bonds. The molecule has 0 aromatic carbocycles. The van der Waals surface area contributed by atoms with Crippen LogP contribution in [0.2, 0.25) is 0 Å². The molecule has 0 aliphatic heterocycles. The van der Waals surface area contributed by atoms with Gasteiger partial charge in [0.1, 0.15) is 0 Å². The number of hydrogen-bond donors (Lipinski definition) is 1. The summed E-state index contributed by atoms with van der Waals surface area (Å²) in [6.45, 7) is 0. The maximum Gasteiger partial charge on any atom is 0.0522 e. The molecule has 2 rings (SSSR count). The highest BCUT2D eigenvalue weighted by molar-refractivity contribution is 5.07. The van der Waals surface area contributed by atoms with Gasteiger partial charge in [-0.2, -0.15) is 5.10 Å². The normalized spacial score (nSPS) is 19.3. The van der Waals surface area contributed by atoms with E-state index in [-0.39, 0.29) is 0 Å². The van der Waals surface area contributed by atoms with Gasteiger partial charge in [-0.25, -0.2) is 0 Å². The van der Waals surface area contributed by atoms with Crippen molar-refractivity contribution in [3.63, 3.8) is 0 Å². The first-order chi connectivity index (χ1) is 6.79. The van der Waals surface area contributed by atoms with E-state index in [4.69, 9.17) is 0 Å². The quantitative estimate of drug-likeness (QED) is 0.782. The van der Waals surface area contributed by atoms with Crippen LogP contribution in [0.1, 0.15) is 24.8 Å². The van der Waals surface area contributed by atoms with Crippen LogP contribution in [0.5, 0.6) is 0 Å².